The van der Waals surface area contributed by atoms with Gasteiger partial charge in [-0.25, -0.2) is 4.98 Å². The smallest absolute Gasteiger partial charge is 0.191 e. The lowest BCUT2D eigenvalue weighted by atomic mass is 10.1. The topological polar surface area (TPSA) is 61.8 Å². The van der Waals surface area contributed by atoms with E-state index >= 15 is 0 Å². The van der Waals surface area contributed by atoms with E-state index in [1.807, 2.05) is 24.3 Å². The zero-order valence-electron chi connectivity index (χ0n) is 17.5. The van der Waals surface area contributed by atoms with E-state index in [1.54, 1.807) is 13.3 Å². The summed E-state index contributed by atoms with van der Waals surface area (Å²) in [4.78, 5) is 11.1. The minimum atomic E-state index is 0. The predicted octanol–water partition coefficient (Wildman–Crippen LogP) is 3.76. The minimum absolute atomic E-state index is 0. The average Bonchev–Trinajstić information content (AvgIpc) is 2.69. The molecule has 2 N–H and O–H groups in total. The van der Waals surface area contributed by atoms with Crippen molar-refractivity contribution in [3.8, 4) is 5.75 Å². The van der Waals surface area contributed by atoms with Gasteiger partial charge in [-0.15, -0.1) is 24.0 Å². The molecule has 1 heterocycles. The van der Waals surface area contributed by atoms with Gasteiger partial charge in [-0.1, -0.05) is 29.8 Å². The second kappa shape index (κ2) is 13.6. The zero-order chi connectivity index (χ0) is 20.4. The lowest BCUT2D eigenvalue weighted by molar-refractivity contribution is 0.305. The maximum atomic E-state index is 5.84. The SMILES string of the molecule is CCNC(=NCC(c1cccc(OC)c1)N(C)C)NCCc1ccc(Cl)nc1.I. The van der Waals surface area contributed by atoms with Gasteiger partial charge in [0, 0.05) is 19.3 Å². The van der Waals surface area contributed by atoms with Crippen molar-refractivity contribution in [1.82, 2.24) is 20.5 Å². The number of aromatic nitrogens is 1. The van der Waals surface area contributed by atoms with Gasteiger partial charge in [0.25, 0.3) is 0 Å². The third-order valence-electron chi connectivity index (χ3n) is 4.36. The Morgan fingerprint density at radius 3 is 2.66 bits per heavy atom. The van der Waals surface area contributed by atoms with E-state index in [9.17, 15) is 0 Å². The van der Waals surface area contributed by atoms with Crippen LogP contribution in [0.3, 0.4) is 0 Å². The monoisotopic (exact) mass is 531 g/mol. The highest BCUT2D eigenvalue weighted by Crippen LogP contribution is 2.22. The molecule has 0 radical (unpaired) electrons. The standard InChI is InChI=1S/C21H30ClN5O.HI/c1-5-23-21(24-12-11-16-9-10-20(22)25-14-16)26-15-19(27(2)3)17-7-6-8-18(13-17)28-4;/h6-10,13-14,19H,5,11-12,15H2,1-4H3,(H2,23,24,26);1H. The number of nitrogens with zero attached hydrogens (tertiary/aromatic N) is 3. The summed E-state index contributed by atoms with van der Waals surface area (Å²) in [7, 11) is 5.81. The Labute approximate surface area is 196 Å². The van der Waals surface area contributed by atoms with E-state index in [0.717, 1.165) is 36.8 Å². The summed E-state index contributed by atoms with van der Waals surface area (Å²) in [6.45, 7) is 4.27. The number of hydrogen-bond acceptors (Lipinski definition) is 4. The van der Waals surface area contributed by atoms with Gasteiger partial charge in [-0.05, 0) is 56.8 Å². The number of halogens is 2. The van der Waals surface area contributed by atoms with Gasteiger partial charge in [0.15, 0.2) is 5.96 Å². The Morgan fingerprint density at radius 2 is 2.03 bits per heavy atom. The van der Waals surface area contributed by atoms with Crippen LogP contribution < -0.4 is 15.4 Å². The number of rotatable bonds is 9. The molecule has 0 bridgehead atoms. The molecule has 0 aliphatic heterocycles. The molecule has 6 nitrogen and oxygen atoms in total. The molecule has 1 aromatic heterocycles. The van der Waals surface area contributed by atoms with Gasteiger partial charge in [-0.2, -0.15) is 0 Å². The maximum Gasteiger partial charge on any atom is 0.191 e. The van der Waals surface area contributed by atoms with Gasteiger partial charge in [0.1, 0.15) is 10.9 Å². The van der Waals surface area contributed by atoms with Gasteiger partial charge in [0.2, 0.25) is 0 Å². The summed E-state index contributed by atoms with van der Waals surface area (Å²) in [6.07, 6.45) is 2.65. The van der Waals surface area contributed by atoms with Crippen LogP contribution in [0.1, 0.15) is 24.1 Å². The van der Waals surface area contributed by atoms with Gasteiger partial charge < -0.3 is 20.3 Å². The van der Waals surface area contributed by atoms with E-state index in [4.69, 9.17) is 21.3 Å². The summed E-state index contributed by atoms with van der Waals surface area (Å²) in [6, 6.07) is 12.1. The maximum absolute atomic E-state index is 5.84. The van der Waals surface area contributed by atoms with Crippen LogP contribution in [-0.4, -0.2) is 56.7 Å². The van der Waals surface area contributed by atoms with Crippen LogP contribution >= 0.6 is 35.6 Å². The first-order valence-electron chi connectivity index (χ1n) is 9.46. The second-order valence-electron chi connectivity index (χ2n) is 6.64. The van der Waals surface area contributed by atoms with Gasteiger partial charge >= 0.3 is 0 Å². The van der Waals surface area contributed by atoms with Crippen LogP contribution in [0, 0.1) is 0 Å². The average molecular weight is 532 g/mol. The summed E-state index contributed by atoms with van der Waals surface area (Å²) in [5, 5.41) is 7.21. The third-order valence-corrected chi connectivity index (χ3v) is 4.59. The predicted molar refractivity (Wildman–Crippen MR) is 132 cm³/mol. The molecule has 2 aromatic rings. The largest absolute Gasteiger partial charge is 0.497 e. The molecule has 160 valence electrons. The fraction of sp³-hybridized carbons (Fsp3) is 0.429. The van der Waals surface area contributed by atoms with Crippen molar-refractivity contribution in [2.24, 2.45) is 4.99 Å². The van der Waals surface area contributed by atoms with Crippen molar-refractivity contribution < 1.29 is 4.74 Å². The summed E-state index contributed by atoms with van der Waals surface area (Å²) in [5.41, 5.74) is 2.31. The van der Waals surface area contributed by atoms with Crippen LogP contribution in [0.15, 0.2) is 47.6 Å². The Kier molecular flexibility index (Phi) is 11.9. The van der Waals surface area contributed by atoms with Crippen molar-refractivity contribution in [2.75, 3.05) is 40.8 Å². The van der Waals surface area contributed by atoms with Gasteiger partial charge in [0.05, 0.1) is 19.7 Å². The van der Waals surface area contributed by atoms with Gasteiger partial charge in [-0.3, -0.25) is 4.99 Å². The third kappa shape index (κ3) is 8.76. The zero-order valence-corrected chi connectivity index (χ0v) is 20.6. The lowest BCUT2D eigenvalue weighted by Crippen LogP contribution is -2.39. The Hall–Kier alpha value is -1.58. The van der Waals surface area contributed by atoms with E-state index < -0.39 is 0 Å². The Balaban J connectivity index is 0.00000420. The molecule has 8 heteroatoms. The molecular weight excluding hydrogens is 501 g/mol. The van der Waals surface area contributed by atoms with Crippen LogP contribution in [0.25, 0.3) is 0 Å². The number of guanidine groups is 1. The lowest BCUT2D eigenvalue weighted by Gasteiger charge is -2.24. The number of methoxy groups -OCH3 is 1. The molecule has 1 atom stereocenters. The number of ether oxygens (including phenoxy) is 1. The second-order valence-corrected chi connectivity index (χ2v) is 7.03. The Bertz CT molecular complexity index is 755. The molecule has 0 aliphatic rings. The van der Waals surface area contributed by atoms with Crippen LogP contribution in [0.4, 0.5) is 0 Å². The molecule has 29 heavy (non-hydrogen) atoms. The van der Waals surface area contributed by atoms with Crippen molar-refractivity contribution in [3.05, 3.63) is 58.9 Å². The number of hydrogen-bond donors (Lipinski definition) is 2. The fourth-order valence-electron chi connectivity index (χ4n) is 2.81. The molecule has 1 unspecified atom stereocenters. The molecule has 0 amide bonds. The van der Waals surface area contributed by atoms with Crippen LogP contribution in [-0.2, 0) is 6.42 Å². The highest BCUT2D eigenvalue weighted by Gasteiger charge is 2.14. The number of benzene rings is 1. The summed E-state index contributed by atoms with van der Waals surface area (Å²) < 4.78 is 5.36. The number of nitrogens with one attached hydrogen (secondary N) is 2. The van der Waals surface area contributed by atoms with E-state index in [0.29, 0.717) is 11.7 Å². The first-order valence-corrected chi connectivity index (χ1v) is 9.84. The molecule has 2 rings (SSSR count). The van der Waals surface area contributed by atoms with Crippen LogP contribution in [0.5, 0.6) is 5.75 Å². The highest BCUT2D eigenvalue weighted by molar-refractivity contribution is 14.0. The van der Waals surface area contributed by atoms with E-state index in [-0.39, 0.29) is 30.0 Å². The molecule has 0 spiro atoms. The van der Waals surface area contributed by atoms with E-state index in [1.165, 1.54) is 5.56 Å². The van der Waals surface area contributed by atoms with Crippen LogP contribution in [0.2, 0.25) is 5.15 Å². The molecule has 0 fully saturated rings. The fourth-order valence-corrected chi connectivity index (χ4v) is 2.93. The van der Waals surface area contributed by atoms with Crippen molar-refractivity contribution >= 4 is 41.5 Å². The Morgan fingerprint density at radius 1 is 1.24 bits per heavy atom. The molecule has 0 saturated carbocycles. The first kappa shape index (κ1) is 25.5. The number of aliphatic imine (C=N–C) groups is 1. The van der Waals surface area contributed by atoms with Crippen molar-refractivity contribution in [2.45, 2.75) is 19.4 Å². The molecule has 0 aliphatic carbocycles. The number of pyridine rings is 1. The quantitative estimate of drug-likeness (QED) is 0.223. The minimum Gasteiger partial charge on any atom is -0.497 e. The normalized spacial score (nSPS) is 12.3. The molecular formula is C21H31ClIN5O. The van der Waals surface area contributed by atoms with E-state index in [2.05, 4.69) is 53.7 Å². The number of likely N-dealkylation sites (N-methyl/N-ethyl adjacent to an activating group) is 1. The van der Waals surface area contributed by atoms with Crippen molar-refractivity contribution in [3.63, 3.8) is 0 Å². The molecule has 1 aromatic carbocycles. The summed E-state index contributed by atoms with van der Waals surface area (Å²) >= 11 is 5.84. The van der Waals surface area contributed by atoms with Crippen molar-refractivity contribution in [1.29, 1.82) is 0 Å². The molecule has 0 saturated heterocycles. The first-order chi connectivity index (χ1) is 13.5. The highest BCUT2D eigenvalue weighted by atomic mass is 127. The summed E-state index contributed by atoms with van der Waals surface area (Å²) in [5.74, 6) is 1.66.